The van der Waals surface area contributed by atoms with Gasteiger partial charge in [0.05, 0.1) is 28.3 Å². The summed E-state index contributed by atoms with van der Waals surface area (Å²) >= 11 is 1.23. The molecule has 0 spiro atoms. The summed E-state index contributed by atoms with van der Waals surface area (Å²) in [6.45, 7) is 2.29. The number of nitrogens with two attached hydrogens (primary N) is 1. The summed E-state index contributed by atoms with van der Waals surface area (Å²) < 4.78 is 35.2. The number of aromatic nitrogens is 2. The van der Waals surface area contributed by atoms with E-state index in [1.165, 1.54) is 41.2 Å². The van der Waals surface area contributed by atoms with Crippen LogP contribution in [-0.4, -0.2) is 62.0 Å². The second-order valence-corrected chi connectivity index (χ2v) is 11.5. The van der Waals surface area contributed by atoms with Gasteiger partial charge in [0.1, 0.15) is 5.00 Å². The third kappa shape index (κ3) is 5.65. The number of fused-ring (bicyclic) bond motifs is 1. The number of nitrogens with one attached hydrogen (secondary N) is 3. The highest BCUT2D eigenvalue weighted by Gasteiger charge is 2.23. The van der Waals surface area contributed by atoms with Crippen LogP contribution in [0.15, 0.2) is 59.5 Å². The van der Waals surface area contributed by atoms with Crippen molar-refractivity contribution >= 4 is 66.3 Å². The lowest BCUT2D eigenvalue weighted by Crippen LogP contribution is -2.36. The van der Waals surface area contributed by atoms with E-state index in [-0.39, 0.29) is 4.90 Å². The number of hydrogen-bond acceptors (Lipinski definition) is 11. The van der Waals surface area contributed by atoms with Gasteiger partial charge >= 0.3 is 0 Å². The van der Waals surface area contributed by atoms with Gasteiger partial charge in [-0.1, -0.05) is 24.3 Å². The maximum Gasteiger partial charge on any atom is 0.267 e. The quantitative estimate of drug-likeness (QED) is 0.0688. The predicted octanol–water partition coefficient (Wildman–Crippen LogP) is 3.09. The zero-order valence-electron chi connectivity index (χ0n) is 21.0. The number of carbonyl (C=O) groups excluding carboxylic acids is 1. The molecule has 6 N–H and O–H groups in total. The van der Waals surface area contributed by atoms with Crippen LogP contribution >= 0.6 is 11.3 Å². The van der Waals surface area contributed by atoms with Crippen LogP contribution in [0.25, 0.3) is 27.7 Å². The molecule has 12 nitrogen and oxygen atoms in total. The van der Waals surface area contributed by atoms with E-state index in [4.69, 9.17) is 31.1 Å². The summed E-state index contributed by atoms with van der Waals surface area (Å²) in [5.74, 6) is 0.335. The molecular formula is C26H25N7O5S2. The Hall–Kier alpha value is -4.37. The standard InChI is InChI=1S/C26H25N7O5S2/c27-15-19-18(2-1-3-20(19)28)25-29-21-14-23(39-24(21)26(30-25)33-10-12-38-13-11-33)32-40(36,37)17-7-4-16(5-8-17)6-9-22(34)31-35/h1-9,14-15,27,32,35H,10-13,28H2,(H,31,34). The monoisotopic (exact) mass is 579 g/mol. The van der Waals surface area contributed by atoms with Crippen LogP contribution in [-0.2, 0) is 19.6 Å². The van der Waals surface area contributed by atoms with E-state index >= 15 is 0 Å². The average Bonchev–Trinajstić information content (AvgIpc) is 3.37. The number of rotatable bonds is 8. The summed E-state index contributed by atoms with van der Waals surface area (Å²) in [7, 11) is -3.94. The molecule has 0 bridgehead atoms. The van der Waals surface area contributed by atoms with E-state index in [2.05, 4.69) is 9.62 Å². The summed E-state index contributed by atoms with van der Waals surface area (Å²) in [4.78, 5) is 22.8. The number of carbonyl (C=O) groups is 1. The topological polar surface area (TPSA) is 184 Å². The first-order valence-corrected chi connectivity index (χ1v) is 14.4. The molecule has 3 heterocycles. The molecule has 5 rings (SSSR count). The second kappa shape index (κ2) is 11.4. The zero-order chi connectivity index (χ0) is 28.3. The van der Waals surface area contributed by atoms with Gasteiger partial charge in [-0.05, 0) is 35.9 Å². The zero-order valence-corrected chi connectivity index (χ0v) is 22.6. The molecule has 0 atom stereocenters. The Morgan fingerprint density at radius 2 is 1.90 bits per heavy atom. The number of benzene rings is 2. The van der Waals surface area contributed by atoms with Crippen molar-refractivity contribution in [1.82, 2.24) is 15.4 Å². The molecule has 0 saturated carbocycles. The van der Waals surface area contributed by atoms with E-state index in [0.717, 1.165) is 6.08 Å². The molecule has 1 aliphatic heterocycles. The van der Waals surface area contributed by atoms with Crippen molar-refractivity contribution in [3.63, 3.8) is 0 Å². The van der Waals surface area contributed by atoms with Crippen molar-refractivity contribution in [2.24, 2.45) is 0 Å². The van der Waals surface area contributed by atoms with Crippen molar-refractivity contribution in [1.29, 1.82) is 5.41 Å². The van der Waals surface area contributed by atoms with Gasteiger partial charge in [-0.3, -0.25) is 14.7 Å². The van der Waals surface area contributed by atoms with E-state index < -0.39 is 15.9 Å². The van der Waals surface area contributed by atoms with E-state index in [0.29, 0.717) is 75.5 Å². The lowest BCUT2D eigenvalue weighted by atomic mass is 10.1. The van der Waals surface area contributed by atoms with Crippen molar-refractivity contribution in [2.75, 3.05) is 41.7 Å². The van der Waals surface area contributed by atoms with Gasteiger partial charge in [0, 0.05) is 42.2 Å². The van der Waals surface area contributed by atoms with Gasteiger partial charge < -0.3 is 20.8 Å². The molecule has 14 heteroatoms. The van der Waals surface area contributed by atoms with Gasteiger partial charge in [-0.15, -0.1) is 11.3 Å². The average molecular weight is 580 g/mol. The summed E-state index contributed by atoms with van der Waals surface area (Å²) in [5.41, 5.74) is 10.3. The molecule has 2 aromatic heterocycles. The molecule has 0 aliphatic carbocycles. The number of hydroxylamine groups is 1. The first-order valence-electron chi connectivity index (χ1n) is 12.1. The molecule has 4 aromatic rings. The summed E-state index contributed by atoms with van der Waals surface area (Å²) in [6, 6.07) is 12.9. The van der Waals surface area contributed by atoms with Gasteiger partial charge in [0.15, 0.2) is 11.6 Å². The van der Waals surface area contributed by atoms with E-state index in [1.807, 2.05) is 0 Å². The highest BCUT2D eigenvalue weighted by molar-refractivity contribution is 7.93. The molecule has 1 saturated heterocycles. The number of nitrogens with zero attached hydrogens (tertiary/aromatic N) is 3. The van der Waals surface area contributed by atoms with Crippen LogP contribution in [0.4, 0.5) is 16.5 Å². The first kappa shape index (κ1) is 27.2. The van der Waals surface area contributed by atoms with Gasteiger partial charge in [0.2, 0.25) is 0 Å². The fourth-order valence-corrected chi connectivity index (χ4v) is 6.47. The number of morpholine rings is 1. The summed E-state index contributed by atoms with van der Waals surface area (Å²) in [5, 5.41) is 16.8. The summed E-state index contributed by atoms with van der Waals surface area (Å²) in [6.07, 6.45) is 3.73. The number of amides is 1. The predicted molar refractivity (Wildman–Crippen MR) is 154 cm³/mol. The Kier molecular flexibility index (Phi) is 7.75. The third-order valence-corrected chi connectivity index (χ3v) is 8.70. The van der Waals surface area contributed by atoms with Crippen molar-refractivity contribution < 1.29 is 23.2 Å². The Bertz CT molecular complexity index is 1710. The van der Waals surface area contributed by atoms with Crippen LogP contribution in [0.5, 0.6) is 0 Å². The van der Waals surface area contributed by atoms with Gasteiger partial charge in [-0.25, -0.2) is 23.9 Å². The molecule has 0 unspecified atom stereocenters. The van der Waals surface area contributed by atoms with Crippen molar-refractivity contribution in [3.05, 3.63) is 65.7 Å². The second-order valence-electron chi connectivity index (χ2n) is 8.73. The van der Waals surface area contributed by atoms with Crippen molar-refractivity contribution in [2.45, 2.75) is 4.90 Å². The molecule has 1 fully saturated rings. The maximum atomic E-state index is 13.2. The third-order valence-electron chi connectivity index (χ3n) is 6.15. The lowest BCUT2D eigenvalue weighted by Gasteiger charge is -2.28. The number of thiophene rings is 1. The van der Waals surface area contributed by atoms with Gasteiger partial charge in [0.25, 0.3) is 15.9 Å². The minimum atomic E-state index is -3.94. The maximum absolute atomic E-state index is 13.2. The Labute approximate surface area is 233 Å². The molecule has 1 amide bonds. The minimum Gasteiger partial charge on any atom is -0.398 e. The fourth-order valence-electron chi connectivity index (χ4n) is 4.17. The van der Waals surface area contributed by atoms with Crippen LogP contribution in [0.1, 0.15) is 11.1 Å². The number of nitrogen functional groups attached to an aromatic ring is 1. The minimum absolute atomic E-state index is 0.0317. The fraction of sp³-hybridized carbons (Fsp3) is 0.154. The Balaban J connectivity index is 1.51. The lowest BCUT2D eigenvalue weighted by molar-refractivity contribution is -0.124. The largest absolute Gasteiger partial charge is 0.398 e. The molecule has 40 heavy (non-hydrogen) atoms. The van der Waals surface area contributed by atoms with E-state index in [9.17, 15) is 13.2 Å². The SMILES string of the molecule is N=Cc1c(N)cccc1-c1nc(N2CCOCC2)c2sc(NS(=O)(=O)c3ccc(C=CC(=O)NO)cc3)cc2n1. The first-order chi connectivity index (χ1) is 19.3. The highest BCUT2D eigenvalue weighted by Crippen LogP contribution is 2.38. The van der Waals surface area contributed by atoms with Crippen LogP contribution in [0.2, 0.25) is 0 Å². The number of hydrogen-bond donors (Lipinski definition) is 5. The highest BCUT2D eigenvalue weighted by atomic mass is 32.2. The Morgan fingerprint density at radius 1 is 1.15 bits per heavy atom. The normalized spacial score (nSPS) is 14.0. The van der Waals surface area contributed by atoms with Crippen LogP contribution < -0.4 is 20.8 Å². The van der Waals surface area contributed by atoms with Crippen LogP contribution in [0, 0.1) is 5.41 Å². The Morgan fingerprint density at radius 3 is 2.60 bits per heavy atom. The number of ether oxygens (including phenoxy) is 1. The van der Waals surface area contributed by atoms with Crippen LogP contribution in [0.3, 0.4) is 0 Å². The van der Waals surface area contributed by atoms with Crippen molar-refractivity contribution in [3.8, 4) is 11.4 Å². The molecule has 0 radical (unpaired) electrons. The molecule has 1 aliphatic rings. The molecule has 2 aromatic carbocycles. The number of sulfonamides is 1. The number of anilines is 3. The van der Waals surface area contributed by atoms with E-state index in [1.54, 1.807) is 36.4 Å². The van der Waals surface area contributed by atoms with Gasteiger partial charge in [-0.2, -0.15) is 0 Å². The smallest absolute Gasteiger partial charge is 0.267 e. The molecule has 206 valence electrons. The molecular weight excluding hydrogens is 554 g/mol.